The lowest BCUT2D eigenvalue weighted by Gasteiger charge is -2.16. The normalized spacial score (nSPS) is 13.9. The second kappa shape index (κ2) is 4.78. The summed E-state index contributed by atoms with van der Waals surface area (Å²) in [5, 5.41) is 1.94. The van der Waals surface area contributed by atoms with E-state index in [1.165, 1.54) is 6.08 Å². The van der Waals surface area contributed by atoms with E-state index in [0.717, 1.165) is 16.3 Å². The fourth-order valence-corrected chi connectivity index (χ4v) is 2.88. The summed E-state index contributed by atoms with van der Waals surface area (Å²) in [6, 6.07) is 20.7. The van der Waals surface area contributed by atoms with Gasteiger partial charge in [0.2, 0.25) is 0 Å². The molecule has 0 heterocycles. The molecule has 0 radical (unpaired) electrons. The lowest BCUT2D eigenvalue weighted by Crippen LogP contribution is -2.16. The summed E-state index contributed by atoms with van der Waals surface area (Å²) in [5.74, 6) is -0.203. The molecule has 0 aliphatic heterocycles. The Balaban J connectivity index is 1.94. The number of fused-ring (bicyclic) bond motifs is 2. The number of hydrogen-bond donors (Lipinski definition) is 0. The van der Waals surface area contributed by atoms with Crippen LogP contribution in [-0.4, -0.2) is 11.6 Å². The van der Waals surface area contributed by atoms with Gasteiger partial charge in [0.1, 0.15) is 0 Å². The van der Waals surface area contributed by atoms with Crippen molar-refractivity contribution >= 4 is 27.9 Å². The molecular formula is C20H12O2. The molecule has 1 aliphatic rings. The molecular weight excluding hydrogens is 272 g/mol. The zero-order chi connectivity index (χ0) is 15.1. The average molecular weight is 284 g/mol. The number of rotatable bonds is 1. The van der Waals surface area contributed by atoms with Crippen LogP contribution in [0.15, 0.2) is 72.8 Å². The van der Waals surface area contributed by atoms with Crippen molar-refractivity contribution in [3.05, 3.63) is 89.5 Å². The van der Waals surface area contributed by atoms with Gasteiger partial charge in [0.15, 0.2) is 11.6 Å². The maximum absolute atomic E-state index is 12.8. The number of benzene rings is 3. The largest absolute Gasteiger partial charge is 0.289 e. The average Bonchev–Trinajstić information content (AvgIpc) is 2.57. The third kappa shape index (κ3) is 1.89. The van der Waals surface area contributed by atoms with E-state index in [9.17, 15) is 9.59 Å². The molecule has 22 heavy (non-hydrogen) atoms. The molecule has 0 saturated heterocycles. The number of carbonyl (C=O) groups is 2. The summed E-state index contributed by atoms with van der Waals surface area (Å²) in [6.45, 7) is 0. The van der Waals surface area contributed by atoms with E-state index in [1.807, 2.05) is 66.7 Å². The molecule has 3 aromatic carbocycles. The van der Waals surface area contributed by atoms with Gasteiger partial charge >= 0.3 is 0 Å². The Bertz CT molecular complexity index is 950. The minimum atomic E-state index is -0.112. The summed E-state index contributed by atoms with van der Waals surface area (Å²) in [7, 11) is 0. The van der Waals surface area contributed by atoms with E-state index in [1.54, 1.807) is 0 Å². The molecule has 4 rings (SSSR count). The zero-order valence-electron chi connectivity index (χ0n) is 11.7. The standard InChI is InChI=1S/C20H12O2/c21-19-12-16(13-6-2-1-3-7-13)20(22)18-11-15-9-5-4-8-14(15)10-17(18)19/h1-12H. The van der Waals surface area contributed by atoms with Gasteiger partial charge in [0.05, 0.1) is 0 Å². The molecule has 0 saturated carbocycles. The van der Waals surface area contributed by atoms with Gasteiger partial charge in [0.25, 0.3) is 0 Å². The van der Waals surface area contributed by atoms with Crippen molar-refractivity contribution < 1.29 is 9.59 Å². The summed E-state index contributed by atoms with van der Waals surface area (Å²) in [4.78, 5) is 25.2. The van der Waals surface area contributed by atoms with Gasteiger partial charge in [0, 0.05) is 16.7 Å². The Kier molecular flexibility index (Phi) is 2.76. The fraction of sp³-hybridized carbons (Fsp3) is 0. The molecule has 104 valence electrons. The van der Waals surface area contributed by atoms with Crippen LogP contribution in [0, 0.1) is 0 Å². The monoisotopic (exact) mass is 284 g/mol. The predicted molar refractivity (Wildman–Crippen MR) is 87.0 cm³/mol. The zero-order valence-corrected chi connectivity index (χ0v) is 11.7. The summed E-state index contributed by atoms with van der Waals surface area (Å²) in [5.41, 5.74) is 2.22. The molecule has 0 aromatic heterocycles. The number of carbonyl (C=O) groups excluding carboxylic acids is 2. The highest BCUT2D eigenvalue weighted by atomic mass is 16.1. The summed E-state index contributed by atoms with van der Waals surface area (Å²) >= 11 is 0. The minimum absolute atomic E-state index is 0.0912. The van der Waals surface area contributed by atoms with Gasteiger partial charge in [-0.2, -0.15) is 0 Å². The van der Waals surface area contributed by atoms with Gasteiger partial charge in [-0.05, 0) is 34.5 Å². The Morgan fingerprint density at radius 2 is 1.23 bits per heavy atom. The van der Waals surface area contributed by atoms with E-state index in [-0.39, 0.29) is 11.6 Å². The van der Waals surface area contributed by atoms with Gasteiger partial charge in [-0.3, -0.25) is 9.59 Å². The molecule has 0 spiro atoms. The second-order valence-corrected chi connectivity index (χ2v) is 5.36. The Hall–Kier alpha value is -3.00. The van der Waals surface area contributed by atoms with E-state index in [0.29, 0.717) is 16.7 Å². The van der Waals surface area contributed by atoms with E-state index < -0.39 is 0 Å². The minimum Gasteiger partial charge on any atom is -0.289 e. The van der Waals surface area contributed by atoms with Crippen LogP contribution >= 0.6 is 0 Å². The first-order chi connectivity index (χ1) is 10.7. The van der Waals surface area contributed by atoms with Crippen LogP contribution in [-0.2, 0) is 0 Å². The molecule has 0 N–H and O–H groups in total. The van der Waals surface area contributed by atoms with Gasteiger partial charge < -0.3 is 0 Å². The lowest BCUT2D eigenvalue weighted by molar-refractivity contribution is 0.100. The molecule has 0 bridgehead atoms. The molecule has 2 nitrogen and oxygen atoms in total. The van der Waals surface area contributed by atoms with Crippen molar-refractivity contribution in [2.24, 2.45) is 0 Å². The molecule has 0 unspecified atom stereocenters. The summed E-state index contributed by atoms with van der Waals surface area (Å²) < 4.78 is 0. The van der Waals surface area contributed by atoms with Crippen LogP contribution in [0.2, 0.25) is 0 Å². The number of allylic oxidation sites excluding steroid dienone is 2. The van der Waals surface area contributed by atoms with Crippen LogP contribution in [0.1, 0.15) is 26.3 Å². The maximum Gasteiger partial charge on any atom is 0.194 e. The second-order valence-electron chi connectivity index (χ2n) is 5.36. The highest BCUT2D eigenvalue weighted by Gasteiger charge is 2.26. The molecule has 1 aliphatic carbocycles. The summed E-state index contributed by atoms with van der Waals surface area (Å²) in [6.07, 6.45) is 1.45. The van der Waals surface area contributed by atoms with Crippen LogP contribution in [0.3, 0.4) is 0 Å². The molecule has 0 atom stereocenters. The maximum atomic E-state index is 12.8. The lowest BCUT2D eigenvalue weighted by atomic mass is 9.85. The first-order valence-corrected chi connectivity index (χ1v) is 7.13. The fourth-order valence-electron chi connectivity index (χ4n) is 2.88. The van der Waals surface area contributed by atoms with E-state index in [4.69, 9.17) is 0 Å². The van der Waals surface area contributed by atoms with Crippen LogP contribution in [0.25, 0.3) is 16.3 Å². The Morgan fingerprint density at radius 3 is 1.91 bits per heavy atom. The highest BCUT2D eigenvalue weighted by molar-refractivity contribution is 6.39. The van der Waals surface area contributed by atoms with Crippen LogP contribution in [0.4, 0.5) is 0 Å². The quantitative estimate of drug-likeness (QED) is 0.667. The van der Waals surface area contributed by atoms with Gasteiger partial charge in [-0.25, -0.2) is 0 Å². The van der Waals surface area contributed by atoms with Gasteiger partial charge in [-0.1, -0.05) is 54.6 Å². The van der Waals surface area contributed by atoms with Crippen molar-refractivity contribution in [2.75, 3.05) is 0 Å². The number of ketones is 2. The van der Waals surface area contributed by atoms with Crippen molar-refractivity contribution in [3.8, 4) is 0 Å². The topological polar surface area (TPSA) is 34.1 Å². The third-order valence-corrected chi connectivity index (χ3v) is 4.00. The first-order valence-electron chi connectivity index (χ1n) is 7.13. The van der Waals surface area contributed by atoms with Gasteiger partial charge in [-0.15, -0.1) is 0 Å². The van der Waals surface area contributed by atoms with Crippen LogP contribution < -0.4 is 0 Å². The molecule has 0 amide bonds. The molecule has 3 aromatic rings. The van der Waals surface area contributed by atoms with Crippen molar-refractivity contribution in [2.45, 2.75) is 0 Å². The number of Topliss-reactive ketones (excluding diaryl/α,β-unsaturated/α-hetero) is 1. The smallest absolute Gasteiger partial charge is 0.194 e. The molecule has 2 heteroatoms. The molecule has 0 fully saturated rings. The number of hydrogen-bond acceptors (Lipinski definition) is 2. The van der Waals surface area contributed by atoms with Crippen molar-refractivity contribution in [3.63, 3.8) is 0 Å². The van der Waals surface area contributed by atoms with Crippen molar-refractivity contribution in [1.82, 2.24) is 0 Å². The predicted octanol–water partition coefficient (Wildman–Crippen LogP) is 4.30. The Morgan fingerprint density at radius 1 is 0.636 bits per heavy atom. The first kappa shape index (κ1) is 12.7. The van der Waals surface area contributed by atoms with E-state index in [2.05, 4.69) is 0 Å². The Labute approximate surface area is 127 Å². The van der Waals surface area contributed by atoms with Crippen LogP contribution in [0.5, 0.6) is 0 Å². The van der Waals surface area contributed by atoms with Crippen molar-refractivity contribution in [1.29, 1.82) is 0 Å². The van der Waals surface area contributed by atoms with E-state index >= 15 is 0 Å². The highest BCUT2D eigenvalue weighted by Crippen LogP contribution is 2.30. The SMILES string of the molecule is O=C1C=C(c2ccccc2)C(=O)c2cc3ccccc3cc21. The third-order valence-electron chi connectivity index (χ3n) is 4.00.